The predicted molar refractivity (Wildman–Crippen MR) is 458 cm³/mol. The van der Waals surface area contributed by atoms with Crippen LogP contribution in [0.1, 0.15) is 229 Å². The van der Waals surface area contributed by atoms with Crippen LogP contribution in [0.2, 0.25) is 0 Å². The molecule has 2 amide bonds. The molecule has 0 atom stereocenters. The normalized spacial score (nSPS) is 22.6. The molecule has 0 unspecified atom stereocenters. The molecule has 7 heterocycles. The zero-order valence-corrected chi connectivity index (χ0v) is 74.1. The van der Waals surface area contributed by atoms with Gasteiger partial charge in [-0.05, 0) is 166 Å². The summed E-state index contributed by atoms with van der Waals surface area (Å²) in [6.07, 6.45) is 35.7. The number of allylic oxidation sites excluding steroid dienone is 16. The highest BCUT2D eigenvalue weighted by Gasteiger charge is 2.45. The van der Waals surface area contributed by atoms with E-state index >= 15 is 0 Å². The van der Waals surface area contributed by atoms with Crippen LogP contribution in [0.5, 0.6) is 0 Å². The van der Waals surface area contributed by atoms with Gasteiger partial charge >= 0.3 is 0 Å². The van der Waals surface area contributed by atoms with Crippen molar-refractivity contribution in [2.45, 2.75) is 213 Å². The average molecular weight is 1750 g/mol. The Morgan fingerprint density at radius 1 is 0.366 bits per heavy atom. The molecule has 0 N–H and O–H groups in total. The zero-order chi connectivity index (χ0) is 77.4. The number of fused-ring (bicyclic) bond motifs is 4. The summed E-state index contributed by atoms with van der Waals surface area (Å²) in [5.41, 5.74) is 25.2. The fraction of sp³-hybridized carbons (Fsp3) is 0.443. The van der Waals surface area contributed by atoms with Gasteiger partial charge in [0.2, 0.25) is 21.4 Å². The Kier molecular flexibility index (Phi) is 26.2. The molecule has 4 fully saturated rings. The van der Waals surface area contributed by atoms with E-state index in [4.69, 9.17) is 0 Å². The molecule has 15 rings (SSSR count). The van der Waals surface area contributed by atoms with Gasteiger partial charge in [0.05, 0.1) is 18.0 Å². The lowest BCUT2D eigenvalue weighted by Gasteiger charge is -2.30. The quantitative estimate of drug-likeness (QED) is 0.0506. The second-order valence-corrected chi connectivity index (χ2v) is 35.9. The van der Waals surface area contributed by atoms with E-state index in [1.807, 2.05) is 6.92 Å². The highest BCUT2D eigenvalue weighted by molar-refractivity contribution is 7.89. The highest BCUT2D eigenvalue weighted by Crippen LogP contribution is 2.52. The number of nitrogens with zero attached hydrogens (tertiary/aromatic N) is 8. The van der Waals surface area contributed by atoms with E-state index in [9.17, 15) is 18.0 Å². The number of anilines is 4. The molecule has 2 aliphatic carbocycles. The third-order valence-electron chi connectivity index (χ3n) is 25.3. The smallest absolute Gasteiger partial charge is 0.261 e. The molecule has 9 aliphatic rings. The first-order chi connectivity index (χ1) is 53.0. The van der Waals surface area contributed by atoms with Crippen molar-refractivity contribution < 1.29 is 75.1 Å². The summed E-state index contributed by atoms with van der Waals surface area (Å²) in [5.74, 6) is -0.729. The number of unbranched alkanes of at least 4 members (excludes halogenated alkanes) is 1. The number of halogens is 2. The summed E-state index contributed by atoms with van der Waals surface area (Å²) in [4.78, 5) is 38.9. The van der Waals surface area contributed by atoms with Gasteiger partial charge in [-0.2, -0.15) is 4.31 Å². The van der Waals surface area contributed by atoms with Crippen LogP contribution in [-0.2, 0) is 31.7 Å². The van der Waals surface area contributed by atoms with E-state index in [1.54, 1.807) is 34.6 Å². The van der Waals surface area contributed by atoms with Crippen LogP contribution in [0.25, 0.3) is 10.8 Å². The standard InChI is InChI=1S/C56H66N5O4S.C41H54N3.2HI/c1-8-11-34-61-53(62)42-21-17-20-41-48(29-28-43(51(41)42)54(61)63)66(64,65)58-37-35-57(36-38-58)52-39(26-30-49-55(4,5)44-22-12-14-24-46(44)59(49)32-9-2)18-16-19-40(52)27-31-50-56(6,7)45-23-13-15-25-47(45)60(50)33-10-3;1-7-27-43-35-21-12-10-19-33(35)40(3,4)37(43)25-23-31-17-16-18-32(39(31)42-29-14-9-15-30-42)24-26-38-41(5,6)34-20-11-13-22-36(34)44(38)28-8-2;;/h12-15,17,20-31H,8-11,16,18-19,32-38H2,1-7H3;10-13,19-26H,7-9,14-18,27-30H2,1-6H3;2*1H/q2*+1;;/p-2. The van der Waals surface area contributed by atoms with Gasteiger partial charge in [0, 0.05) is 157 Å². The molecule has 2 saturated heterocycles. The summed E-state index contributed by atoms with van der Waals surface area (Å²) in [6, 6.07) is 44.0. The Morgan fingerprint density at radius 3 is 1.05 bits per heavy atom. The van der Waals surface area contributed by atoms with Gasteiger partial charge in [-0.25, -0.2) is 17.6 Å². The van der Waals surface area contributed by atoms with Crippen molar-refractivity contribution in [2.75, 3.05) is 91.6 Å². The number of rotatable bonds is 17. The van der Waals surface area contributed by atoms with Crippen molar-refractivity contribution in [1.82, 2.24) is 9.21 Å². The summed E-state index contributed by atoms with van der Waals surface area (Å²) in [5, 5.41) is 0.855. The lowest BCUT2D eigenvalue weighted by molar-refractivity contribution is -0.536. The number of hydrogen-bond donors (Lipinski definition) is 0. The summed E-state index contributed by atoms with van der Waals surface area (Å²) in [6.45, 7) is 38.4. The monoisotopic (exact) mass is 1750 g/mol. The summed E-state index contributed by atoms with van der Waals surface area (Å²) >= 11 is 0. The van der Waals surface area contributed by atoms with Crippen molar-refractivity contribution in [3.63, 3.8) is 0 Å². The van der Waals surface area contributed by atoms with Gasteiger partial charge in [-0.15, -0.1) is 0 Å². The number of piperazine rings is 1. The van der Waals surface area contributed by atoms with Crippen molar-refractivity contribution in [3.8, 4) is 0 Å². The molecule has 0 radical (unpaired) electrons. The maximum atomic E-state index is 14.8. The molecule has 112 heavy (non-hydrogen) atoms. The number of carbonyl (C=O) groups excluding carboxylic acids is 2. The first-order valence-electron chi connectivity index (χ1n) is 41.8. The molecule has 0 bridgehead atoms. The first-order valence-corrected chi connectivity index (χ1v) is 43.3. The Bertz CT molecular complexity index is 4810. The Labute approximate surface area is 704 Å². The van der Waals surface area contributed by atoms with Crippen LogP contribution in [0.15, 0.2) is 226 Å². The highest BCUT2D eigenvalue weighted by atomic mass is 127. The van der Waals surface area contributed by atoms with Gasteiger partial charge in [-0.3, -0.25) is 14.5 Å². The van der Waals surface area contributed by atoms with Crippen LogP contribution in [0.4, 0.5) is 22.7 Å². The molecule has 6 aromatic rings. The van der Waals surface area contributed by atoms with Crippen molar-refractivity contribution in [2.24, 2.45) is 0 Å². The van der Waals surface area contributed by atoms with Gasteiger partial charge in [0.15, 0.2) is 13.1 Å². The van der Waals surface area contributed by atoms with Crippen LogP contribution in [0.3, 0.4) is 0 Å². The average Bonchev–Trinajstić information content (AvgIpc) is 1.17. The number of amides is 2. The van der Waals surface area contributed by atoms with Crippen LogP contribution < -0.4 is 67.6 Å². The van der Waals surface area contributed by atoms with Crippen LogP contribution >= 0.6 is 0 Å². The number of para-hydroxylation sites is 4. The lowest BCUT2D eigenvalue weighted by Crippen LogP contribution is -3.00. The molecule has 12 nitrogen and oxygen atoms in total. The van der Waals surface area contributed by atoms with Gasteiger partial charge in [-0.1, -0.05) is 206 Å². The van der Waals surface area contributed by atoms with Crippen molar-refractivity contribution >= 4 is 66.8 Å². The molecular formula is C97H120I2N8O4S. The Balaban J connectivity index is 0.000000220. The van der Waals surface area contributed by atoms with E-state index in [1.165, 1.54) is 145 Å². The number of hydrogen-bond acceptors (Lipinski definition) is 8. The second-order valence-electron chi connectivity index (χ2n) is 33.9. The second kappa shape index (κ2) is 34.9. The van der Waals surface area contributed by atoms with E-state index in [2.05, 4.69) is 258 Å². The molecule has 0 aromatic heterocycles. The van der Waals surface area contributed by atoms with Crippen molar-refractivity contribution in [1.29, 1.82) is 0 Å². The molecule has 7 aliphatic heterocycles. The molecule has 0 spiro atoms. The van der Waals surface area contributed by atoms with Gasteiger partial charge in [0.25, 0.3) is 11.8 Å². The van der Waals surface area contributed by atoms with E-state index in [0.717, 1.165) is 90.4 Å². The number of piperidine rings is 1. The number of imide groups is 1. The maximum absolute atomic E-state index is 14.8. The summed E-state index contributed by atoms with van der Waals surface area (Å²) in [7, 11) is -3.99. The minimum absolute atomic E-state index is 0. The fourth-order valence-corrected chi connectivity index (χ4v) is 21.3. The molecule has 6 aromatic carbocycles. The topological polar surface area (TPSA) is 93.7 Å². The van der Waals surface area contributed by atoms with Gasteiger partial charge < -0.3 is 67.6 Å². The van der Waals surface area contributed by atoms with Gasteiger partial charge in [0.1, 0.15) is 13.1 Å². The van der Waals surface area contributed by atoms with E-state index in [-0.39, 0.29) is 86.3 Å². The minimum Gasteiger partial charge on any atom is -1.00 e. The molecule has 2 saturated carbocycles. The fourth-order valence-electron chi connectivity index (χ4n) is 19.7. The molecular weight excluding hydrogens is 1630 g/mol. The molecule has 592 valence electrons. The molecule has 15 heteroatoms. The maximum Gasteiger partial charge on any atom is 0.261 e. The third kappa shape index (κ3) is 15.5. The lowest BCUT2D eigenvalue weighted by atomic mass is 9.82. The van der Waals surface area contributed by atoms with Crippen molar-refractivity contribution in [3.05, 3.63) is 254 Å². The predicted octanol–water partition coefficient (Wildman–Crippen LogP) is 14.8. The number of sulfonamides is 1. The Hall–Kier alpha value is -7.45. The number of benzene rings is 6. The first kappa shape index (κ1) is 84.0. The van der Waals surface area contributed by atoms with Crippen LogP contribution in [-0.4, -0.2) is 122 Å². The number of carbonyl (C=O) groups is 2. The zero-order valence-electron chi connectivity index (χ0n) is 69.0. The van der Waals surface area contributed by atoms with E-state index < -0.39 is 10.0 Å². The van der Waals surface area contributed by atoms with Crippen LogP contribution in [0, 0.1) is 0 Å². The third-order valence-corrected chi connectivity index (χ3v) is 27.2. The SMILES string of the molecule is CCCCN1C(=O)c2cccc3c(S(=O)(=O)N4CC[N+](=C5C(=CC=C6N(CCC)c7ccccc7C6(C)C)CCC/C5=C\C=C5\N(CCC)c6ccccc6C5(C)C)CC4)ccc(c23)C1=O.CCCN1C(=CC=C2CCC/C(=C\C=C3\N(CCC)c4ccccc4C3(C)C)C2=[N+]2CCCCC2)C(C)(C)c2ccccc21.[I-].[I-]. The summed E-state index contributed by atoms with van der Waals surface area (Å²) < 4.78 is 36.3. The van der Waals surface area contributed by atoms with E-state index in [0.29, 0.717) is 61.0 Å². The minimum atomic E-state index is -3.99. The largest absolute Gasteiger partial charge is 1.00 e. The Morgan fingerprint density at radius 2 is 0.705 bits per heavy atom.